The second-order valence-electron chi connectivity index (χ2n) is 4.15. The molecule has 1 saturated carbocycles. The SMILES string of the molecule is NCCc1cnc2cc(C3CC3)nn2c1. The van der Waals surface area contributed by atoms with Gasteiger partial charge in [0, 0.05) is 24.4 Å². The molecule has 1 aliphatic rings. The van der Waals surface area contributed by atoms with Gasteiger partial charge in [-0.1, -0.05) is 0 Å². The van der Waals surface area contributed by atoms with Crippen molar-refractivity contribution in [1.29, 1.82) is 0 Å². The average molecular weight is 202 g/mol. The Kier molecular flexibility index (Phi) is 1.95. The molecule has 0 saturated heterocycles. The highest BCUT2D eigenvalue weighted by molar-refractivity contribution is 5.41. The Morgan fingerprint density at radius 2 is 2.33 bits per heavy atom. The fourth-order valence-corrected chi connectivity index (χ4v) is 1.81. The Balaban J connectivity index is 2.02. The molecule has 15 heavy (non-hydrogen) atoms. The van der Waals surface area contributed by atoms with Gasteiger partial charge in [0.2, 0.25) is 0 Å². The van der Waals surface area contributed by atoms with Crippen LogP contribution in [-0.4, -0.2) is 21.1 Å². The molecule has 4 nitrogen and oxygen atoms in total. The Morgan fingerprint density at radius 3 is 3.07 bits per heavy atom. The molecule has 78 valence electrons. The fourth-order valence-electron chi connectivity index (χ4n) is 1.81. The predicted octanol–water partition coefficient (Wildman–Crippen LogP) is 1.11. The average Bonchev–Trinajstić information content (AvgIpc) is 2.99. The number of hydrogen-bond acceptors (Lipinski definition) is 3. The molecule has 0 bridgehead atoms. The maximum absolute atomic E-state index is 5.51. The van der Waals surface area contributed by atoms with E-state index in [2.05, 4.69) is 16.1 Å². The van der Waals surface area contributed by atoms with E-state index < -0.39 is 0 Å². The van der Waals surface area contributed by atoms with Gasteiger partial charge < -0.3 is 5.73 Å². The summed E-state index contributed by atoms with van der Waals surface area (Å²) < 4.78 is 1.87. The zero-order valence-corrected chi connectivity index (χ0v) is 8.56. The number of aromatic nitrogens is 3. The maximum atomic E-state index is 5.51. The van der Waals surface area contributed by atoms with Crippen LogP contribution in [0.2, 0.25) is 0 Å². The number of nitrogens with two attached hydrogens (primary N) is 1. The monoisotopic (exact) mass is 202 g/mol. The highest BCUT2D eigenvalue weighted by atomic mass is 15.2. The van der Waals surface area contributed by atoms with Gasteiger partial charge in [0.1, 0.15) is 0 Å². The third-order valence-electron chi connectivity index (χ3n) is 2.81. The van der Waals surface area contributed by atoms with Gasteiger partial charge in [0.25, 0.3) is 0 Å². The van der Waals surface area contributed by atoms with Crippen LogP contribution in [0.5, 0.6) is 0 Å². The summed E-state index contributed by atoms with van der Waals surface area (Å²) in [6.07, 6.45) is 7.34. The van der Waals surface area contributed by atoms with Crippen LogP contribution in [0, 0.1) is 0 Å². The van der Waals surface area contributed by atoms with Gasteiger partial charge in [-0.3, -0.25) is 0 Å². The molecule has 2 aromatic heterocycles. The van der Waals surface area contributed by atoms with Gasteiger partial charge in [-0.2, -0.15) is 5.10 Å². The quantitative estimate of drug-likeness (QED) is 0.811. The molecule has 0 atom stereocenters. The largest absolute Gasteiger partial charge is 0.330 e. The zero-order chi connectivity index (χ0) is 10.3. The summed E-state index contributed by atoms with van der Waals surface area (Å²) in [5.41, 5.74) is 8.79. The van der Waals surface area contributed by atoms with E-state index in [9.17, 15) is 0 Å². The van der Waals surface area contributed by atoms with Crippen molar-refractivity contribution >= 4 is 5.65 Å². The lowest BCUT2D eigenvalue weighted by molar-refractivity contribution is 0.854. The van der Waals surface area contributed by atoms with Crippen LogP contribution >= 0.6 is 0 Å². The second kappa shape index (κ2) is 3.31. The third kappa shape index (κ3) is 1.61. The summed E-state index contributed by atoms with van der Waals surface area (Å²) in [6.45, 7) is 0.657. The van der Waals surface area contributed by atoms with Crippen LogP contribution < -0.4 is 5.73 Å². The Bertz CT molecular complexity index is 484. The molecule has 0 aliphatic heterocycles. The number of rotatable bonds is 3. The molecule has 0 radical (unpaired) electrons. The topological polar surface area (TPSA) is 56.2 Å². The van der Waals surface area contributed by atoms with Crippen LogP contribution in [0.1, 0.15) is 30.0 Å². The van der Waals surface area contributed by atoms with Gasteiger partial charge in [-0.15, -0.1) is 0 Å². The van der Waals surface area contributed by atoms with Crippen LogP contribution in [0.3, 0.4) is 0 Å². The highest BCUT2D eigenvalue weighted by Gasteiger charge is 2.26. The van der Waals surface area contributed by atoms with Gasteiger partial charge >= 0.3 is 0 Å². The van der Waals surface area contributed by atoms with Crippen LogP contribution in [0.25, 0.3) is 5.65 Å². The van der Waals surface area contributed by atoms with Crippen molar-refractivity contribution in [3.8, 4) is 0 Å². The molecule has 0 spiro atoms. The van der Waals surface area contributed by atoms with Crippen molar-refractivity contribution in [3.63, 3.8) is 0 Å². The summed E-state index contributed by atoms with van der Waals surface area (Å²) in [5, 5.41) is 4.53. The summed E-state index contributed by atoms with van der Waals surface area (Å²) in [6, 6.07) is 2.09. The molecule has 0 unspecified atom stereocenters. The van der Waals surface area contributed by atoms with Crippen molar-refractivity contribution < 1.29 is 0 Å². The van der Waals surface area contributed by atoms with Crippen LogP contribution in [0.15, 0.2) is 18.5 Å². The summed E-state index contributed by atoms with van der Waals surface area (Å²) >= 11 is 0. The van der Waals surface area contributed by atoms with E-state index in [-0.39, 0.29) is 0 Å². The first-order valence-corrected chi connectivity index (χ1v) is 5.41. The maximum Gasteiger partial charge on any atom is 0.155 e. The lowest BCUT2D eigenvalue weighted by Gasteiger charge is -1.98. The summed E-state index contributed by atoms with van der Waals surface area (Å²) in [5.74, 6) is 0.685. The minimum Gasteiger partial charge on any atom is -0.330 e. The Morgan fingerprint density at radius 1 is 1.47 bits per heavy atom. The van der Waals surface area contributed by atoms with E-state index in [4.69, 9.17) is 5.73 Å². The molecule has 2 heterocycles. The van der Waals surface area contributed by atoms with E-state index in [0.29, 0.717) is 12.5 Å². The van der Waals surface area contributed by atoms with Crippen LogP contribution in [0.4, 0.5) is 0 Å². The molecule has 1 fully saturated rings. The molecule has 1 aliphatic carbocycles. The fraction of sp³-hybridized carbons (Fsp3) is 0.455. The molecule has 0 amide bonds. The summed E-state index contributed by atoms with van der Waals surface area (Å²) in [7, 11) is 0. The minimum absolute atomic E-state index is 0.657. The van der Waals surface area contributed by atoms with Gasteiger partial charge in [-0.25, -0.2) is 9.50 Å². The minimum atomic E-state index is 0.657. The van der Waals surface area contributed by atoms with E-state index >= 15 is 0 Å². The van der Waals surface area contributed by atoms with Gasteiger partial charge in [0.15, 0.2) is 5.65 Å². The normalized spacial score (nSPS) is 16.1. The first-order chi connectivity index (χ1) is 7.36. The molecule has 3 rings (SSSR count). The Hall–Kier alpha value is -1.42. The van der Waals surface area contributed by atoms with Crippen molar-refractivity contribution in [2.75, 3.05) is 6.54 Å². The van der Waals surface area contributed by atoms with E-state index in [1.54, 1.807) is 0 Å². The molecule has 4 heteroatoms. The van der Waals surface area contributed by atoms with Crippen molar-refractivity contribution in [2.45, 2.75) is 25.2 Å². The van der Waals surface area contributed by atoms with Crippen molar-refractivity contribution in [2.24, 2.45) is 5.73 Å². The lowest BCUT2D eigenvalue weighted by Crippen LogP contribution is -2.04. The van der Waals surface area contributed by atoms with Gasteiger partial charge in [-0.05, 0) is 31.4 Å². The number of fused-ring (bicyclic) bond motifs is 1. The smallest absolute Gasteiger partial charge is 0.155 e. The molecule has 2 N–H and O–H groups in total. The number of nitrogens with zero attached hydrogens (tertiary/aromatic N) is 3. The van der Waals surface area contributed by atoms with E-state index in [1.165, 1.54) is 18.5 Å². The zero-order valence-electron chi connectivity index (χ0n) is 8.56. The Labute approximate surface area is 88.1 Å². The lowest BCUT2D eigenvalue weighted by atomic mass is 10.2. The number of hydrogen-bond donors (Lipinski definition) is 1. The van der Waals surface area contributed by atoms with E-state index in [1.807, 2.05) is 16.9 Å². The highest BCUT2D eigenvalue weighted by Crippen LogP contribution is 2.39. The standard InChI is InChI=1S/C11H14N4/c12-4-3-8-6-13-11-5-10(9-1-2-9)14-15(11)7-8/h5-7,9H,1-4,12H2. The first kappa shape index (κ1) is 8.85. The molecular formula is C11H14N4. The van der Waals surface area contributed by atoms with Crippen molar-refractivity contribution in [1.82, 2.24) is 14.6 Å². The predicted molar refractivity (Wildman–Crippen MR) is 57.7 cm³/mol. The first-order valence-electron chi connectivity index (χ1n) is 5.41. The molecule has 2 aromatic rings. The third-order valence-corrected chi connectivity index (χ3v) is 2.81. The molecular weight excluding hydrogens is 188 g/mol. The van der Waals surface area contributed by atoms with Crippen LogP contribution in [-0.2, 0) is 6.42 Å². The van der Waals surface area contributed by atoms with E-state index in [0.717, 1.165) is 17.6 Å². The second-order valence-corrected chi connectivity index (χ2v) is 4.15. The molecule has 0 aromatic carbocycles. The van der Waals surface area contributed by atoms with Gasteiger partial charge in [0.05, 0.1) is 5.69 Å². The summed E-state index contributed by atoms with van der Waals surface area (Å²) in [4.78, 5) is 4.38. The van der Waals surface area contributed by atoms with Crippen molar-refractivity contribution in [3.05, 3.63) is 29.7 Å².